The van der Waals surface area contributed by atoms with Gasteiger partial charge < -0.3 is 11.1 Å². The third kappa shape index (κ3) is 4.76. The zero-order valence-electron chi connectivity index (χ0n) is 18.9. The molecule has 1 aromatic carbocycles. The van der Waals surface area contributed by atoms with Gasteiger partial charge in [0.25, 0.3) is 5.91 Å². The molecule has 0 aliphatic heterocycles. The summed E-state index contributed by atoms with van der Waals surface area (Å²) in [7, 11) is 0. The Labute approximate surface area is 183 Å². The summed E-state index contributed by atoms with van der Waals surface area (Å²) < 4.78 is 1.62. The fourth-order valence-electron chi connectivity index (χ4n) is 3.93. The molecule has 0 fully saturated rings. The van der Waals surface area contributed by atoms with Gasteiger partial charge in [0.05, 0.1) is 12.2 Å². The third-order valence-corrected chi connectivity index (χ3v) is 5.81. The van der Waals surface area contributed by atoms with Crippen LogP contribution in [0.25, 0.3) is 5.65 Å². The number of aromatic nitrogens is 3. The SMILES string of the molecule is CCc1ccc(C(NC(=O)CCc2c(C)nc3c(C(N)=O)cnn3c2C)C(C)C)cc1. The van der Waals surface area contributed by atoms with Crippen molar-refractivity contribution in [2.75, 3.05) is 0 Å². The van der Waals surface area contributed by atoms with Crippen LogP contribution >= 0.6 is 0 Å². The number of hydrogen-bond donors (Lipinski definition) is 2. The van der Waals surface area contributed by atoms with Crippen molar-refractivity contribution in [2.45, 2.75) is 59.9 Å². The Morgan fingerprint density at radius 3 is 2.42 bits per heavy atom. The van der Waals surface area contributed by atoms with Gasteiger partial charge in [-0.3, -0.25) is 9.59 Å². The van der Waals surface area contributed by atoms with Crippen molar-refractivity contribution in [2.24, 2.45) is 11.7 Å². The zero-order valence-corrected chi connectivity index (χ0v) is 18.9. The van der Waals surface area contributed by atoms with Crippen LogP contribution < -0.4 is 11.1 Å². The number of carbonyl (C=O) groups excluding carboxylic acids is 2. The number of nitrogens with one attached hydrogen (secondary N) is 1. The molecule has 2 aromatic heterocycles. The largest absolute Gasteiger partial charge is 0.365 e. The van der Waals surface area contributed by atoms with Crippen LogP contribution in [0.3, 0.4) is 0 Å². The number of nitrogens with zero attached hydrogens (tertiary/aromatic N) is 3. The molecule has 1 atom stereocenters. The molecule has 2 amide bonds. The molecule has 3 aromatic rings. The van der Waals surface area contributed by atoms with Gasteiger partial charge in [-0.2, -0.15) is 5.10 Å². The van der Waals surface area contributed by atoms with Crippen LogP contribution in [0.5, 0.6) is 0 Å². The van der Waals surface area contributed by atoms with E-state index in [4.69, 9.17) is 5.73 Å². The van der Waals surface area contributed by atoms with E-state index in [1.165, 1.54) is 11.8 Å². The van der Waals surface area contributed by atoms with Crippen molar-refractivity contribution in [1.82, 2.24) is 19.9 Å². The first kappa shape index (κ1) is 22.5. The summed E-state index contributed by atoms with van der Waals surface area (Å²) in [5.74, 6) is -0.287. The summed E-state index contributed by atoms with van der Waals surface area (Å²) in [6.07, 6.45) is 3.31. The predicted molar refractivity (Wildman–Crippen MR) is 121 cm³/mol. The number of primary amides is 1. The lowest BCUT2D eigenvalue weighted by atomic mass is 9.94. The summed E-state index contributed by atoms with van der Waals surface area (Å²) in [6, 6.07) is 8.41. The van der Waals surface area contributed by atoms with Gasteiger partial charge in [-0.05, 0) is 49.3 Å². The Hall–Kier alpha value is -3.22. The second-order valence-electron chi connectivity index (χ2n) is 8.30. The van der Waals surface area contributed by atoms with E-state index < -0.39 is 5.91 Å². The zero-order chi connectivity index (χ0) is 22.7. The Morgan fingerprint density at radius 1 is 1.16 bits per heavy atom. The van der Waals surface area contributed by atoms with E-state index in [0.29, 0.717) is 24.1 Å². The molecule has 0 bridgehead atoms. The van der Waals surface area contributed by atoms with Crippen molar-refractivity contribution < 1.29 is 9.59 Å². The van der Waals surface area contributed by atoms with Gasteiger partial charge in [0.2, 0.25) is 5.91 Å². The number of aryl methyl sites for hydroxylation is 3. The highest BCUT2D eigenvalue weighted by Gasteiger charge is 2.20. The van der Waals surface area contributed by atoms with Gasteiger partial charge in [-0.25, -0.2) is 9.50 Å². The molecule has 7 nitrogen and oxygen atoms in total. The molecule has 2 heterocycles. The lowest BCUT2D eigenvalue weighted by Gasteiger charge is -2.23. The average Bonchev–Trinajstić information content (AvgIpc) is 3.16. The van der Waals surface area contributed by atoms with Crippen molar-refractivity contribution in [3.05, 3.63) is 64.1 Å². The van der Waals surface area contributed by atoms with Crippen LogP contribution in [0, 0.1) is 19.8 Å². The Balaban J connectivity index is 1.74. The molecule has 0 radical (unpaired) electrons. The molecule has 0 saturated carbocycles. The molecule has 0 spiro atoms. The number of nitrogens with two attached hydrogens (primary N) is 1. The first-order valence-corrected chi connectivity index (χ1v) is 10.7. The monoisotopic (exact) mass is 421 g/mol. The van der Waals surface area contributed by atoms with E-state index >= 15 is 0 Å². The molecule has 164 valence electrons. The second-order valence-corrected chi connectivity index (χ2v) is 8.30. The maximum atomic E-state index is 12.8. The Kier molecular flexibility index (Phi) is 6.73. The minimum absolute atomic E-state index is 0.00421. The normalized spacial score (nSPS) is 12.3. The molecule has 7 heteroatoms. The van der Waals surface area contributed by atoms with Crippen molar-refractivity contribution >= 4 is 17.5 Å². The van der Waals surface area contributed by atoms with E-state index in [2.05, 4.69) is 60.4 Å². The van der Waals surface area contributed by atoms with Crippen molar-refractivity contribution in [1.29, 1.82) is 0 Å². The minimum atomic E-state index is -0.555. The molecular formula is C24H31N5O2. The Morgan fingerprint density at radius 2 is 1.84 bits per heavy atom. The number of rotatable bonds is 8. The summed E-state index contributed by atoms with van der Waals surface area (Å²) >= 11 is 0. The van der Waals surface area contributed by atoms with E-state index in [1.807, 2.05) is 13.8 Å². The van der Waals surface area contributed by atoms with Gasteiger partial charge >= 0.3 is 0 Å². The smallest absolute Gasteiger partial charge is 0.254 e. The quantitative estimate of drug-likeness (QED) is 0.581. The highest BCUT2D eigenvalue weighted by molar-refractivity contribution is 5.98. The minimum Gasteiger partial charge on any atom is -0.365 e. The van der Waals surface area contributed by atoms with Gasteiger partial charge in [-0.15, -0.1) is 0 Å². The molecule has 0 aliphatic carbocycles. The van der Waals surface area contributed by atoms with Gasteiger partial charge in [0.15, 0.2) is 5.65 Å². The number of carbonyl (C=O) groups is 2. The Bertz CT molecular complexity index is 1100. The average molecular weight is 422 g/mol. The van der Waals surface area contributed by atoms with Crippen molar-refractivity contribution in [3.63, 3.8) is 0 Å². The van der Waals surface area contributed by atoms with Crippen LogP contribution in [-0.4, -0.2) is 26.4 Å². The number of fused-ring (bicyclic) bond motifs is 1. The molecule has 0 saturated heterocycles. The third-order valence-electron chi connectivity index (χ3n) is 5.81. The highest BCUT2D eigenvalue weighted by Crippen LogP contribution is 2.23. The standard InChI is InChI=1S/C24H31N5O2/c1-6-17-7-9-18(10-8-17)22(14(2)3)28-21(30)12-11-19-15(4)27-24-20(23(25)31)13-26-29(24)16(19)5/h7-10,13-14,22H,6,11-12H2,1-5H3,(H2,25,31)(H,28,30). The summed E-state index contributed by atoms with van der Waals surface area (Å²) in [5.41, 5.74) is 11.1. The van der Waals surface area contributed by atoms with E-state index in [1.54, 1.807) is 4.52 Å². The number of benzene rings is 1. The molecule has 31 heavy (non-hydrogen) atoms. The maximum Gasteiger partial charge on any atom is 0.254 e. The summed E-state index contributed by atoms with van der Waals surface area (Å²) in [4.78, 5) is 28.9. The van der Waals surface area contributed by atoms with E-state index in [9.17, 15) is 9.59 Å². The fraction of sp³-hybridized carbons (Fsp3) is 0.417. The predicted octanol–water partition coefficient (Wildman–Crippen LogP) is 3.45. The maximum absolute atomic E-state index is 12.8. The molecule has 3 rings (SSSR count). The van der Waals surface area contributed by atoms with Crippen LogP contribution in [0.4, 0.5) is 0 Å². The lowest BCUT2D eigenvalue weighted by Crippen LogP contribution is -2.32. The molecular weight excluding hydrogens is 390 g/mol. The number of amides is 2. The molecule has 0 aliphatic rings. The van der Waals surface area contributed by atoms with Crippen molar-refractivity contribution in [3.8, 4) is 0 Å². The van der Waals surface area contributed by atoms with Crippen LogP contribution in [0.15, 0.2) is 30.5 Å². The summed E-state index contributed by atoms with van der Waals surface area (Å²) in [6.45, 7) is 10.1. The second kappa shape index (κ2) is 9.29. The molecule has 3 N–H and O–H groups in total. The lowest BCUT2D eigenvalue weighted by molar-refractivity contribution is -0.122. The van der Waals surface area contributed by atoms with Gasteiger partial charge in [0, 0.05) is 17.8 Å². The van der Waals surface area contributed by atoms with Crippen LogP contribution in [0.2, 0.25) is 0 Å². The highest BCUT2D eigenvalue weighted by atomic mass is 16.2. The first-order chi connectivity index (χ1) is 14.7. The fourth-order valence-corrected chi connectivity index (χ4v) is 3.93. The van der Waals surface area contributed by atoms with Gasteiger partial charge in [-0.1, -0.05) is 45.0 Å². The van der Waals surface area contributed by atoms with Crippen LogP contribution in [0.1, 0.15) is 71.7 Å². The summed E-state index contributed by atoms with van der Waals surface area (Å²) in [5, 5.41) is 7.44. The number of hydrogen-bond acceptors (Lipinski definition) is 4. The van der Waals surface area contributed by atoms with E-state index in [-0.39, 0.29) is 17.9 Å². The first-order valence-electron chi connectivity index (χ1n) is 10.7. The van der Waals surface area contributed by atoms with E-state index in [0.717, 1.165) is 28.9 Å². The topological polar surface area (TPSA) is 102 Å². The molecule has 1 unspecified atom stereocenters. The van der Waals surface area contributed by atoms with Gasteiger partial charge in [0.1, 0.15) is 5.56 Å². The van der Waals surface area contributed by atoms with Crippen LogP contribution in [-0.2, 0) is 17.6 Å².